The predicted octanol–water partition coefficient (Wildman–Crippen LogP) is 1.91. The first-order valence-corrected chi connectivity index (χ1v) is 7.66. The Morgan fingerprint density at radius 3 is 2.14 bits per heavy atom. The maximum atomic E-state index is 12.0. The number of hydrogen-bond donors (Lipinski definition) is 2. The zero-order valence-corrected chi connectivity index (χ0v) is 13.1. The zero-order chi connectivity index (χ0) is 16.3. The number of aliphatic carboxylic acids is 1. The van der Waals surface area contributed by atoms with Crippen LogP contribution in [0.4, 0.5) is 0 Å². The van der Waals surface area contributed by atoms with E-state index in [2.05, 4.69) is 6.92 Å². The van der Waals surface area contributed by atoms with Gasteiger partial charge in [-0.1, -0.05) is 39.0 Å². The molecule has 0 radical (unpaired) electrons. The second kappa shape index (κ2) is 11.1. The van der Waals surface area contributed by atoms with Gasteiger partial charge in [-0.25, -0.2) is 4.79 Å². The minimum Gasteiger partial charge on any atom is -0.480 e. The number of hydrogen-bond acceptors (Lipinski definition) is 3. The standard InChI is InChI=1S/C15H28N2O4/c1-3-4-5-6-7-8-9-14(19)17(2)12(15(20)21)10-11-13(16)18/h12H,3-11H2,1-2H3,(H2,16,18)(H,20,21)/t12-/m0/s1. The number of carboxylic acid groups (broad SMARTS) is 1. The average Bonchev–Trinajstić information content (AvgIpc) is 2.41. The second-order valence-electron chi connectivity index (χ2n) is 5.38. The highest BCUT2D eigenvalue weighted by Crippen LogP contribution is 2.11. The summed E-state index contributed by atoms with van der Waals surface area (Å²) in [6, 6.07) is -0.981. The highest BCUT2D eigenvalue weighted by atomic mass is 16.4. The van der Waals surface area contributed by atoms with E-state index in [9.17, 15) is 14.4 Å². The highest BCUT2D eigenvalue weighted by Gasteiger charge is 2.26. The molecule has 0 fully saturated rings. The molecule has 0 heterocycles. The van der Waals surface area contributed by atoms with Crippen LogP contribution in [0.25, 0.3) is 0 Å². The van der Waals surface area contributed by atoms with E-state index in [4.69, 9.17) is 10.8 Å². The number of primary amides is 1. The third kappa shape index (κ3) is 9.05. The Morgan fingerprint density at radius 2 is 1.62 bits per heavy atom. The minimum atomic E-state index is -1.10. The van der Waals surface area contributed by atoms with Crippen LogP contribution in [0.2, 0.25) is 0 Å². The number of rotatable bonds is 12. The van der Waals surface area contributed by atoms with Crippen molar-refractivity contribution in [2.75, 3.05) is 7.05 Å². The molecular weight excluding hydrogens is 272 g/mol. The quantitative estimate of drug-likeness (QED) is 0.538. The van der Waals surface area contributed by atoms with Crippen molar-refractivity contribution < 1.29 is 19.5 Å². The second-order valence-corrected chi connectivity index (χ2v) is 5.38. The summed E-state index contributed by atoms with van der Waals surface area (Å²) >= 11 is 0. The van der Waals surface area contributed by atoms with E-state index in [0.717, 1.165) is 19.3 Å². The smallest absolute Gasteiger partial charge is 0.326 e. The molecule has 0 saturated heterocycles. The molecule has 0 spiro atoms. The van der Waals surface area contributed by atoms with E-state index in [1.54, 1.807) is 0 Å². The molecule has 122 valence electrons. The fourth-order valence-electron chi connectivity index (χ4n) is 2.17. The van der Waals surface area contributed by atoms with E-state index >= 15 is 0 Å². The number of carboxylic acids is 1. The fraction of sp³-hybridized carbons (Fsp3) is 0.800. The predicted molar refractivity (Wildman–Crippen MR) is 80.6 cm³/mol. The minimum absolute atomic E-state index is 0.0361. The Balaban J connectivity index is 4.12. The van der Waals surface area contributed by atoms with E-state index in [1.807, 2.05) is 0 Å². The Hall–Kier alpha value is -1.59. The molecule has 6 heteroatoms. The molecule has 0 saturated carbocycles. The molecule has 0 aliphatic carbocycles. The summed E-state index contributed by atoms with van der Waals surface area (Å²) in [7, 11) is 1.47. The molecule has 3 N–H and O–H groups in total. The van der Waals surface area contributed by atoms with E-state index < -0.39 is 17.9 Å². The number of amides is 2. The van der Waals surface area contributed by atoms with Crippen LogP contribution in [-0.2, 0) is 14.4 Å². The van der Waals surface area contributed by atoms with E-state index in [0.29, 0.717) is 6.42 Å². The summed E-state index contributed by atoms with van der Waals surface area (Å²) in [5.41, 5.74) is 5.02. The first-order valence-electron chi connectivity index (χ1n) is 7.66. The van der Waals surface area contributed by atoms with Crippen molar-refractivity contribution >= 4 is 17.8 Å². The Kier molecular flexibility index (Phi) is 10.3. The van der Waals surface area contributed by atoms with Gasteiger partial charge in [-0.2, -0.15) is 0 Å². The number of nitrogens with zero attached hydrogens (tertiary/aromatic N) is 1. The molecule has 0 rings (SSSR count). The Morgan fingerprint density at radius 1 is 1.05 bits per heavy atom. The maximum Gasteiger partial charge on any atom is 0.326 e. The van der Waals surface area contributed by atoms with Gasteiger partial charge in [-0.15, -0.1) is 0 Å². The molecule has 21 heavy (non-hydrogen) atoms. The number of carbonyl (C=O) groups is 3. The van der Waals surface area contributed by atoms with Crippen LogP contribution >= 0.6 is 0 Å². The summed E-state index contributed by atoms with van der Waals surface area (Å²) in [6.45, 7) is 2.15. The lowest BCUT2D eigenvalue weighted by molar-refractivity contribution is -0.149. The van der Waals surface area contributed by atoms with Crippen molar-refractivity contribution in [2.24, 2.45) is 5.73 Å². The van der Waals surface area contributed by atoms with Crippen molar-refractivity contribution in [1.29, 1.82) is 0 Å². The molecule has 0 bridgehead atoms. The fourth-order valence-corrected chi connectivity index (χ4v) is 2.17. The lowest BCUT2D eigenvalue weighted by Crippen LogP contribution is -2.42. The van der Waals surface area contributed by atoms with Gasteiger partial charge in [-0.3, -0.25) is 9.59 Å². The molecular formula is C15H28N2O4. The number of nitrogens with two attached hydrogens (primary N) is 1. The monoisotopic (exact) mass is 300 g/mol. The number of unbranched alkanes of at least 4 members (excludes halogenated alkanes) is 5. The van der Waals surface area contributed by atoms with Gasteiger partial charge >= 0.3 is 5.97 Å². The zero-order valence-electron chi connectivity index (χ0n) is 13.1. The molecule has 0 aromatic heterocycles. The molecule has 0 aromatic carbocycles. The van der Waals surface area contributed by atoms with E-state index in [-0.39, 0.29) is 18.7 Å². The molecule has 2 amide bonds. The van der Waals surface area contributed by atoms with Crippen LogP contribution in [0.3, 0.4) is 0 Å². The third-order valence-electron chi connectivity index (χ3n) is 3.55. The van der Waals surface area contributed by atoms with Crippen molar-refractivity contribution in [1.82, 2.24) is 4.90 Å². The molecule has 0 aliphatic heterocycles. The van der Waals surface area contributed by atoms with Crippen LogP contribution in [0.15, 0.2) is 0 Å². The van der Waals surface area contributed by atoms with E-state index in [1.165, 1.54) is 31.2 Å². The van der Waals surface area contributed by atoms with Gasteiger partial charge < -0.3 is 15.7 Å². The highest BCUT2D eigenvalue weighted by molar-refractivity contribution is 5.84. The first-order chi connectivity index (χ1) is 9.90. The summed E-state index contributed by atoms with van der Waals surface area (Å²) in [5.74, 6) is -1.85. The molecule has 6 nitrogen and oxygen atoms in total. The van der Waals surface area contributed by atoms with Crippen molar-refractivity contribution in [3.8, 4) is 0 Å². The van der Waals surface area contributed by atoms with Crippen molar-refractivity contribution in [3.63, 3.8) is 0 Å². The lowest BCUT2D eigenvalue weighted by Gasteiger charge is -2.24. The van der Waals surface area contributed by atoms with Gasteiger partial charge in [0, 0.05) is 19.9 Å². The Labute approximate surface area is 126 Å². The molecule has 0 aromatic rings. The maximum absolute atomic E-state index is 12.0. The van der Waals surface area contributed by atoms with Crippen LogP contribution < -0.4 is 5.73 Å². The van der Waals surface area contributed by atoms with Gasteiger partial charge in [0.1, 0.15) is 6.04 Å². The van der Waals surface area contributed by atoms with Gasteiger partial charge in [0.05, 0.1) is 0 Å². The normalized spacial score (nSPS) is 11.9. The third-order valence-corrected chi connectivity index (χ3v) is 3.55. The van der Waals surface area contributed by atoms with Gasteiger partial charge in [0.15, 0.2) is 0 Å². The SMILES string of the molecule is CCCCCCCCC(=O)N(C)[C@@H](CCC(N)=O)C(=O)O. The molecule has 0 unspecified atom stereocenters. The van der Waals surface area contributed by atoms with Crippen LogP contribution in [-0.4, -0.2) is 40.9 Å². The van der Waals surface area contributed by atoms with Gasteiger partial charge in [-0.05, 0) is 12.8 Å². The summed E-state index contributed by atoms with van der Waals surface area (Å²) < 4.78 is 0. The molecule has 1 atom stereocenters. The topological polar surface area (TPSA) is 101 Å². The van der Waals surface area contributed by atoms with Gasteiger partial charge in [0.2, 0.25) is 11.8 Å². The summed E-state index contributed by atoms with van der Waals surface area (Å²) in [4.78, 5) is 35.1. The summed E-state index contributed by atoms with van der Waals surface area (Å²) in [5, 5.41) is 9.13. The van der Waals surface area contributed by atoms with Crippen LogP contribution in [0.5, 0.6) is 0 Å². The summed E-state index contributed by atoms with van der Waals surface area (Å²) in [6.07, 6.45) is 6.81. The number of carbonyl (C=O) groups excluding carboxylic acids is 2. The lowest BCUT2D eigenvalue weighted by atomic mass is 10.1. The largest absolute Gasteiger partial charge is 0.480 e. The van der Waals surface area contributed by atoms with Crippen LogP contribution in [0.1, 0.15) is 64.7 Å². The van der Waals surface area contributed by atoms with Gasteiger partial charge in [0.25, 0.3) is 0 Å². The first kappa shape index (κ1) is 19.4. The van der Waals surface area contributed by atoms with Crippen molar-refractivity contribution in [3.05, 3.63) is 0 Å². The number of likely N-dealkylation sites (N-methyl/N-ethyl adjacent to an activating group) is 1. The van der Waals surface area contributed by atoms with Crippen molar-refractivity contribution in [2.45, 2.75) is 70.8 Å². The molecule has 0 aliphatic rings. The van der Waals surface area contributed by atoms with Crippen LogP contribution in [0, 0.1) is 0 Å². The Bertz CT molecular complexity index is 345. The average molecular weight is 300 g/mol.